The minimum Gasteiger partial charge on any atom is -0.351 e. The Kier molecular flexibility index (Phi) is 6.64. The van der Waals surface area contributed by atoms with Crippen molar-refractivity contribution in [3.63, 3.8) is 0 Å². The molecule has 0 radical (unpaired) electrons. The Bertz CT molecular complexity index is 1230. The first-order valence-electron chi connectivity index (χ1n) is 10.6. The minimum atomic E-state index is -3.80. The van der Waals surface area contributed by atoms with Crippen molar-refractivity contribution in [3.8, 4) is 0 Å². The Hall–Kier alpha value is -2.68. The van der Waals surface area contributed by atoms with Crippen molar-refractivity contribution in [2.24, 2.45) is 0 Å². The average molecular weight is 470 g/mol. The first kappa shape index (κ1) is 22.5. The van der Waals surface area contributed by atoms with Crippen LogP contribution in [0.3, 0.4) is 0 Å². The highest BCUT2D eigenvalue weighted by molar-refractivity contribution is 7.92. The molecule has 8 heteroatoms. The highest BCUT2D eigenvalue weighted by atomic mass is 32.2. The summed E-state index contributed by atoms with van der Waals surface area (Å²) < 4.78 is 28.3. The Labute approximate surface area is 193 Å². The van der Waals surface area contributed by atoms with Gasteiger partial charge in [0.15, 0.2) is 0 Å². The lowest BCUT2D eigenvalue weighted by molar-refractivity contribution is 0.0946. The molecule has 2 aromatic carbocycles. The number of thiophene rings is 1. The number of nitrogens with zero attached hydrogens (tertiary/aromatic N) is 1. The second kappa shape index (κ2) is 9.44. The predicted octanol–water partition coefficient (Wildman–Crippen LogP) is 3.95. The number of hydrogen-bond donors (Lipinski definition) is 2. The van der Waals surface area contributed by atoms with Gasteiger partial charge in [-0.1, -0.05) is 18.2 Å². The molecule has 0 spiro atoms. The number of anilines is 1. The summed E-state index contributed by atoms with van der Waals surface area (Å²) >= 11 is 1.81. The van der Waals surface area contributed by atoms with Gasteiger partial charge in [-0.25, -0.2) is 8.42 Å². The number of fused-ring (bicyclic) bond motifs is 1. The highest BCUT2D eigenvalue weighted by Crippen LogP contribution is 2.24. The van der Waals surface area contributed by atoms with Crippen molar-refractivity contribution in [3.05, 3.63) is 81.0 Å². The monoisotopic (exact) mass is 469 g/mol. The van der Waals surface area contributed by atoms with Crippen LogP contribution in [0.15, 0.2) is 58.8 Å². The second-order valence-corrected chi connectivity index (χ2v) is 10.8. The molecule has 3 aromatic rings. The third-order valence-corrected chi connectivity index (χ3v) is 8.04. The maximum atomic E-state index is 12.8. The van der Waals surface area contributed by atoms with Crippen LogP contribution < -0.4 is 10.0 Å². The molecule has 0 aliphatic carbocycles. The molecular weight excluding hydrogens is 442 g/mol. The molecule has 0 saturated heterocycles. The maximum Gasteiger partial charge on any atom is 0.261 e. The number of sulfonamides is 1. The van der Waals surface area contributed by atoms with Gasteiger partial charge in [-0.2, -0.15) is 0 Å². The third kappa shape index (κ3) is 5.20. The van der Waals surface area contributed by atoms with E-state index >= 15 is 0 Å². The lowest BCUT2D eigenvalue weighted by atomic mass is 10.1. The molecule has 4 rings (SSSR count). The van der Waals surface area contributed by atoms with Crippen LogP contribution >= 0.6 is 11.3 Å². The van der Waals surface area contributed by atoms with E-state index < -0.39 is 10.0 Å². The summed E-state index contributed by atoms with van der Waals surface area (Å²) in [6, 6.07) is 14.0. The van der Waals surface area contributed by atoms with E-state index in [4.69, 9.17) is 0 Å². The third-order valence-electron chi connectivity index (χ3n) is 5.63. The van der Waals surface area contributed by atoms with Gasteiger partial charge in [-0.15, -0.1) is 11.3 Å². The quantitative estimate of drug-likeness (QED) is 0.549. The SMILES string of the molecule is Cc1cccc(NS(=O)(=O)c2ccc(C)c(C(=O)NCCN3CCc4sccc4C3)c2)c1. The number of carbonyl (C=O) groups excluding carboxylic acids is 1. The van der Waals surface area contributed by atoms with Crippen molar-refractivity contribution < 1.29 is 13.2 Å². The molecule has 1 aliphatic heterocycles. The van der Waals surface area contributed by atoms with Gasteiger partial charge >= 0.3 is 0 Å². The van der Waals surface area contributed by atoms with Gasteiger partial charge in [0, 0.05) is 42.3 Å². The molecule has 0 fully saturated rings. The van der Waals surface area contributed by atoms with E-state index in [9.17, 15) is 13.2 Å². The van der Waals surface area contributed by atoms with Gasteiger partial charge < -0.3 is 5.32 Å². The zero-order valence-corrected chi connectivity index (χ0v) is 19.9. The summed E-state index contributed by atoms with van der Waals surface area (Å²) in [6.07, 6.45) is 1.05. The Balaban J connectivity index is 1.40. The molecule has 2 heterocycles. The molecule has 0 unspecified atom stereocenters. The molecule has 0 bridgehead atoms. The standard InChI is InChI=1S/C24H27N3O3S2/c1-17-4-3-5-20(14-17)26-32(29,30)21-7-6-18(2)22(15-21)24(28)25-10-12-27-11-8-23-19(16-27)9-13-31-23/h3-7,9,13-15,26H,8,10-12,16H2,1-2H3,(H,25,28). The lowest BCUT2D eigenvalue weighted by Crippen LogP contribution is -2.37. The van der Waals surface area contributed by atoms with Gasteiger partial charge in [0.2, 0.25) is 0 Å². The zero-order chi connectivity index (χ0) is 22.7. The molecule has 1 aliphatic rings. The van der Waals surface area contributed by atoms with Crippen LogP contribution in [0.1, 0.15) is 31.9 Å². The number of rotatable bonds is 7. The minimum absolute atomic E-state index is 0.0655. The van der Waals surface area contributed by atoms with E-state index in [-0.39, 0.29) is 10.8 Å². The number of carbonyl (C=O) groups is 1. The first-order chi connectivity index (χ1) is 15.3. The van der Waals surface area contributed by atoms with Crippen LogP contribution in [0.25, 0.3) is 0 Å². The predicted molar refractivity (Wildman–Crippen MR) is 129 cm³/mol. The van der Waals surface area contributed by atoms with Gasteiger partial charge in [0.05, 0.1) is 4.90 Å². The van der Waals surface area contributed by atoms with Gasteiger partial charge in [0.25, 0.3) is 15.9 Å². The number of aryl methyl sites for hydroxylation is 2. The summed E-state index contributed by atoms with van der Waals surface area (Å²) in [7, 11) is -3.80. The molecule has 168 valence electrons. The van der Waals surface area contributed by atoms with Crippen LogP contribution in [-0.2, 0) is 23.0 Å². The fourth-order valence-corrected chi connectivity index (χ4v) is 5.82. The number of hydrogen-bond acceptors (Lipinski definition) is 5. The van der Waals surface area contributed by atoms with E-state index in [0.29, 0.717) is 17.8 Å². The number of nitrogens with one attached hydrogen (secondary N) is 2. The van der Waals surface area contributed by atoms with Crippen molar-refractivity contribution >= 4 is 33.0 Å². The van der Waals surface area contributed by atoms with Crippen molar-refractivity contribution in [1.29, 1.82) is 0 Å². The van der Waals surface area contributed by atoms with E-state index in [2.05, 4.69) is 26.4 Å². The van der Waals surface area contributed by atoms with Gasteiger partial charge in [-0.3, -0.25) is 14.4 Å². The smallest absolute Gasteiger partial charge is 0.261 e. The van der Waals surface area contributed by atoms with Crippen LogP contribution in [0, 0.1) is 13.8 Å². The summed E-state index contributed by atoms with van der Waals surface area (Å²) in [4.78, 5) is 16.7. The molecule has 2 N–H and O–H groups in total. The Morgan fingerprint density at radius 2 is 1.97 bits per heavy atom. The molecule has 6 nitrogen and oxygen atoms in total. The fourth-order valence-electron chi connectivity index (χ4n) is 3.86. The maximum absolute atomic E-state index is 12.8. The summed E-state index contributed by atoms with van der Waals surface area (Å²) in [5.74, 6) is -0.261. The largest absolute Gasteiger partial charge is 0.351 e. The van der Waals surface area contributed by atoms with Gasteiger partial charge in [-0.05, 0) is 72.7 Å². The normalized spacial score (nSPS) is 14.1. The van der Waals surface area contributed by atoms with Crippen molar-refractivity contribution in [1.82, 2.24) is 10.2 Å². The molecule has 0 atom stereocenters. The van der Waals surface area contributed by atoms with Crippen LogP contribution in [-0.4, -0.2) is 38.9 Å². The van der Waals surface area contributed by atoms with Crippen molar-refractivity contribution in [2.45, 2.75) is 31.7 Å². The summed E-state index contributed by atoms with van der Waals surface area (Å²) in [6.45, 7) is 6.87. The van der Waals surface area contributed by atoms with E-state index in [1.807, 2.05) is 31.3 Å². The average Bonchev–Trinajstić information content (AvgIpc) is 3.21. The van der Waals surface area contributed by atoms with Gasteiger partial charge in [0.1, 0.15) is 0 Å². The molecule has 1 amide bonds. The molecule has 0 saturated carbocycles. The van der Waals surface area contributed by atoms with Crippen LogP contribution in [0.4, 0.5) is 5.69 Å². The summed E-state index contributed by atoms with van der Waals surface area (Å²) in [5, 5.41) is 5.08. The molecule has 1 aromatic heterocycles. The van der Waals surface area contributed by atoms with Crippen LogP contribution in [0.5, 0.6) is 0 Å². The van der Waals surface area contributed by atoms with E-state index in [1.165, 1.54) is 22.6 Å². The van der Waals surface area contributed by atoms with E-state index in [0.717, 1.165) is 37.2 Å². The highest BCUT2D eigenvalue weighted by Gasteiger charge is 2.20. The van der Waals surface area contributed by atoms with E-state index in [1.54, 1.807) is 24.3 Å². The molecule has 32 heavy (non-hydrogen) atoms. The second-order valence-electron chi connectivity index (χ2n) is 8.10. The summed E-state index contributed by atoms with van der Waals surface area (Å²) in [5.41, 5.74) is 3.93. The van der Waals surface area contributed by atoms with Crippen LogP contribution in [0.2, 0.25) is 0 Å². The Morgan fingerprint density at radius 3 is 2.78 bits per heavy atom. The Morgan fingerprint density at radius 1 is 1.12 bits per heavy atom. The number of benzene rings is 2. The topological polar surface area (TPSA) is 78.5 Å². The first-order valence-corrected chi connectivity index (χ1v) is 12.9. The molecular formula is C24H27N3O3S2. The number of amides is 1. The zero-order valence-electron chi connectivity index (χ0n) is 18.2. The lowest BCUT2D eigenvalue weighted by Gasteiger charge is -2.26. The van der Waals surface area contributed by atoms with Crippen molar-refractivity contribution in [2.75, 3.05) is 24.4 Å². The fraction of sp³-hybridized carbons (Fsp3) is 0.292.